The third-order valence-electron chi connectivity index (χ3n) is 3.27. The molecule has 0 aromatic carbocycles. The zero-order chi connectivity index (χ0) is 14.8. The number of hydrogen-bond donors (Lipinski definition) is 1. The summed E-state index contributed by atoms with van der Waals surface area (Å²) in [5, 5.41) is 2.72. The van der Waals surface area contributed by atoms with Crippen molar-refractivity contribution in [2.45, 2.75) is 12.6 Å². The molecule has 0 unspecified atom stereocenters. The number of hydrogen-bond acceptors (Lipinski definition) is 6. The van der Waals surface area contributed by atoms with Crippen molar-refractivity contribution in [2.75, 3.05) is 24.5 Å². The number of carbonyl (C=O) groups is 2. The Morgan fingerprint density at radius 2 is 2.24 bits per heavy atom. The van der Waals surface area contributed by atoms with Crippen LogP contribution in [0.4, 0.5) is 14.6 Å². The van der Waals surface area contributed by atoms with Gasteiger partial charge in [0.25, 0.3) is 0 Å². The molecule has 0 spiro atoms. The Morgan fingerprint density at radius 1 is 1.38 bits per heavy atom. The van der Waals surface area contributed by atoms with Gasteiger partial charge < -0.3 is 15.2 Å². The Kier molecular flexibility index (Phi) is 3.80. The first-order valence-corrected chi connectivity index (χ1v) is 7.41. The Hall–Kier alpha value is -2.06. The molecule has 2 aliphatic rings. The summed E-state index contributed by atoms with van der Waals surface area (Å²) in [5.74, 6) is 0. The van der Waals surface area contributed by atoms with Crippen LogP contribution in [0.25, 0.3) is 0 Å². The zero-order valence-electron chi connectivity index (χ0n) is 11.2. The van der Waals surface area contributed by atoms with Crippen LogP contribution in [-0.2, 0) is 16.0 Å². The van der Waals surface area contributed by atoms with Gasteiger partial charge in [-0.3, -0.25) is 9.80 Å². The average molecular weight is 309 g/mol. The number of ether oxygens (including phenoxy) is 2. The van der Waals surface area contributed by atoms with E-state index in [0.717, 1.165) is 10.6 Å². The van der Waals surface area contributed by atoms with Gasteiger partial charge >= 0.3 is 12.2 Å². The molecule has 0 saturated carbocycles. The topological polar surface area (TPSA) is 85.1 Å². The van der Waals surface area contributed by atoms with Gasteiger partial charge in [-0.05, 0) is 23.1 Å². The van der Waals surface area contributed by atoms with Gasteiger partial charge in [0.15, 0.2) is 0 Å². The minimum atomic E-state index is -0.376. The number of thiophene rings is 1. The van der Waals surface area contributed by atoms with Gasteiger partial charge in [0.05, 0.1) is 19.4 Å². The second kappa shape index (κ2) is 5.74. The van der Waals surface area contributed by atoms with Gasteiger partial charge in [0.2, 0.25) is 0 Å². The molecule has 0 radical (unpaired) electrons. The molecule has 2 amide bonds. The predicted octanol–water partition coefficient (Wildman–Crippen LogP) is 1.50. The average Bonchev–Trinajstić information content (AvgIpc) is 3.07. The van der Waals surface area contributed by atoms with Crippen molar-refractivity contribution >= 4 is 28.5 Å². The van der Waals surface area contributed by atoms with Crippen LogP contribution in [0.15, 0.2) is 23.8 Å². The summed E-state index contributed by atoms with van der Waals surface area (Å²) >= 11 is 1.44. The Morgan fingerprint density at radius 3 is 2.95 bits per heavy atom. The molecule has 1 saturated heterocycles. The smallest absolute Gasteiger partial charge is 0.415 e. The first-order valence-electron chi connectivity index (χ1n) is 6.53. The fourth-order valence-electron chi connectivity index (χ4n) is 2.19. The van der Waals surface area contributed by atoms with Crippen LogP contribution in [0.2, 0.25) is 0 Å². The zero-order valence-corrected chi connectivity index (χ0v) is 12.0. The summed E-state index contributed by atoms with van der Waals surface area (Å²) in [4.78, 5) is 26.5. The molecule has 0 bridgehead atoms. The summed E-state index contributed by atoms with van der Waals surface area (Å²) in [6, 6.07) is 1.89. The molecule has 1 aromatic rings. The second-order valence-corrected chi connectivity index (χ2v) is 5.67. The highest BCUT2D eigenvalue weighted by atomic mass is 32.1. The normalized spacial score (nSPS) is 21.7. The Labute approximate surface area is 125 Å². The lowest BCUT2D eigenvalue weighted by Crippen LogP contribution is -2.32. The fraction of sp³-hybridized carbons (Fsp3) is 0.385. The maximum Gasteiger partial charge on any atom is 0.415 e. The van der Waals surface area contributed by atoms with E-state index >= 15 is 0 Å². The first kappa shape index (κ1) is 13.9. The van der Waals surface area contributed by atoms with E-state index in [0.29, 0.717) is 26.2 Å². The maximum atomic E-state index is 11.8. The van der Waals surface area contributed by atoms with Crippen molar-refractivity contribution in [3.8, 4) is 0 Å². The molecule has 2 aliphatic heterocycles. The van der Waals surface area contributed by atoms with E-state index in [4.69, 9.17) is 15.2 Å². The largest absolute Gasteiger partial charge is 0.443 e. The molecule has 3 heterocycles. The van der Waals surface area contributed by atoms with Crippen LogP contribution in [0, 0.1) is 0 Å². The molecule has 21 heavy (non-hydrogen) atoms. The molecule has 3 rings (SSSR count). The molecular weight excluding hydrogens is 294 g/mol. The molecule has 8 heteroatoms. The van der Waals surface area contributed by atoms with Crippen molar-refractivity contribution < 1.29 is 19.1 Å². The van der Waals surface area contributed by atoms with Crippen molar-refractivity contribution in [2.24, 2.45) is 5.73 Å². The number of nitrogens with zero attached hydrogens (tertiary/aromatic N) is 2. The molecule has 1 aromatic heterocycles. The lowest BCUT2D eigenvalue weighted by atomic mass is 10.3. The van der Waals surface area contributed by atoms with E-state index in [9.17, 15) is 9.59 Å². The lowest BCUT2D eigenvalue weighted by Gasteiger charge is -2.21. The van der Waals surface area contributed by atoms with Crippen LogP contribution >= 0.6 is 11.3 Å². The number of carbonyl (C=O) groups excluding carboxylic acids is 2. The molecule has 1 atom stereocenters. The molecule has 1 fully saturated rings. The molecule has 0 aliphatic carbocycles. The second-order valence-electron chi connectivity index (χ2n) is 4.78. The number of rotatable bonds is 4. The van der Waals surface area contributed by atoms with E-state index in [-0.39, 0.29) is 18.3 Å². The molecule has 112 valence electrons. The highest BCUT2D eigenvalue weighted by molar-refractivity contribution is 7.14. The van der Waals surface area contributed by atoms with Gasteiger partial charge in [-0.15, -0.1) is 11.3 Å². The van der Waals surface area contributed by atoms with Gasteiger partial charge in [0, 0.05) is 13.1 Å². The highest BCUT2D eigenvalue weighted by Crippen LogP contribution is 2.29. The van der Waals surface area contributed by atoms with E-state index < -0.39 is 0 Å². The van der Waals surface area contributed by atoms with E-state index in [2.05, 4.69) is 0 Å². The summed E-state index contributed by atoms with van der Waals surface area (Å²) in [6.45, 7) is 1.74. The third kappa shape index (κ3) is 2.86. The van der Waals surface area contributed by atoms with E-state index in [1.54, 1.807) is 15.9 Å². The SMILES string of the molecule is NC[C@H]1CN(c2cc(CN3CC=COC3=O)cs2)C(=O)O1. The number of cyclic esters (lactones) is 2. The summed E-state index contributed by atoms with van der Waals surface area (Å²) in [6.07, 6.45) is 2.17. The van der Waals surface area contributed by atoms with Gasteiger partial charge in [-0.25, -0.2) is 9.59 Å². The van der Waals surface area contributed by atoms with Crippen molar-refractivity contribution in [1.82, 2.24) is 4.90 Å². The number of anilines is 1. The Bertz CT molecular complexity index is 586. The van der Waals surface area contributed by atoms with Crippen LogP contribution in [0.3, 0.4) is 0 Å². The van der Waals surface area contributed by atoms with Crippen molar-refractivity contribution in [3.63, 3.8) is 0 Å². The van der Waals surface area contributed by atoms with Crippen molar-refractivity contribution in [3.05, 3.63) is 29.3 Å². The van der Waals surface area contributed by atoms with Crippen LogP contribution < -0.4 is 10.6 Å². The standard InChI is InChI=1S/C13H15N3O4S/c14-5-10-7-16(13(18)20-10)11-4-9(8-21-11)6-15-2-1-3-19-12(15)17/h1,3-4,8,10H,2,5-7,14H2/t10-/m0/s1. The highest BCUT2D eigenvalue weighted by Gasteiger charge is 2.32. The maximum absolute atomic E-state index is 11.8. The summed E-state index contributed by atoms with van der Waals surface area (Å²) in [7, 11) is 0. The molecular formula is C13H15N3O4S. The van der Waals surface area contributed by atoms with Crippen LogP contribution in [-0.4, -0.2) is 42.8 Å². The van der Waals surface area contributed by atoms with Gasteiger partial charge in [-0.1, -0.05) is 0 Å². The van der Waals surface area contributed by atoms with Crippen LogP contribution in [0.1, 0.15) is 5.56 Å². The lowest BCUT2D eigenvalue weighted by molar-refractivity contribution is 0.131. The summed E-state index contributed by atoms with van der Waals surface area (Å²) in [5.41, 5.74) is 6.47. The third-order valence-corrected chi connectivity index (χ3v) is 4.27. The molecule has 2 N–H and O–H groups in total. The van der Waals surface area contributed by atoms with Gasteiger partial charge in [-0.2, -0.15) is 0 Å². The Balaban J connectivity index is 1.68. The predicted molar refractivity (Wildman–Crippen MR) is 77.0 cm³/mol. The minimum absolute atomic E-state index is 0.259. The monoisotopic (exact) mass is 309 g/mol. The molecule has 7 nitrogen and oxygen atoms in total. The fourth-order valence-corrected chi connectivity index (χ4v) is 3.10. The van der Waals surface area contributed by atoms with Crippen molar-refractivity contribution in [1.29, 1.82) is 0 Å². The summed E-state index contributed by atoms with van der Waals surface area (Å²) < 4.78 is 9.96. The minimum Gasteiger partial charge on any atom is -0.443 e. The van der Waals surface area contributed by atoms with Crippen LogP contribution in [0.5, 0.6) is 0 Å². The first-order chi connectivity index (χ1) is 10.2. The number of amides is 2. The van der Waals surface area contributed by atoms with Gasteiger partial charge in [0.1, 0.15) is 11.1 Å². The van der Waals surface area contributed by atoms with E-state index in [1.807, 2.05) is 11.4 Å². The number of nitrogens with two attached hydrogens (primary N) is 1. The quantitative estimate of drug-likeness (QED) is 0.911. The van der Waals surface area contributed by atoms with E-state index in [1.165, 1.54) is 17.6 Å².